The van der Waals surface area contributed by atoms with Crippen molar-refractivity contribution in [1.29, 1.82) is 0 Å². The molecule has 11 nitrogen and oxygen atoms in total. The number of azide groups is 1. The van der Waals surface area contributed by atoms with E-state index in [1.807, 2.05) is 27.7 Å². The summed E-state index contributed by atoms with van der Waals surface area (Å²) in [7, 11) is -2.42. The number of ether oxygens (including phenoxy) is 5. The molecule has 2 aliphatic rings. The maximum atomic E-state index is 11.9. The number of nitrogens with zero attached hydrogens (tertiary/aromatic N) is 3. The Morgan fingerprint density at radius 1 is 0.974 bits per heavy atom. The van der Waals surface area contributed by atoms with Gasteiger partial charge in [-0.3, -0.25) is 9.59 Å². The van der Waals surface area contributed by atoms with E-state index in [0.29, 0.717) is 5.92 Å². The van der Waals surface area contributed by atoms with Gasteiger partial charge in [0.1, 0.15) is 12.7 Å². The highest BCUT2D eigenvalue weighted by Gasteiger charge is 2.53. The van der Waals surface area contributed by atoms with Crippen LogP contribution in [-0.4, -0.2) is 69.9 Å². The van der Waals surface area contributed by atoms with Gasteiger partial charge in [0.05, 0.1) is 18.2 Å². The minimum Gasteiger partial charge on any atom is -0.463 e. The highest BCUT2D eigenvalue weighted by atomic mass is 28.4. The van der Waals surface area contributed by atoms with Crippen LogP contribution in [0.5, 0.6) is 0 Å². The normalized spacial score (nSPS) is 35.7. The molecule has 0 bridgehead atoms. The quantitative estimate of drug-likeness (QED) is 0.109. The van der Waals surface area contributed by atoms with E-state index in [4.69, 9.17) is 28.1 Å². The SMILES string of the molecule is CC(=O)OCC1O[C@@H](O[Si](C)(C)C(C)(C)C(C)C)C(N=[N+]=[N-])[C@@H](C)[C@@H]1O[C@@H]1OC(C)[C@@H](C)[C@H](C)C1OC(C)=O. The molecule has 0 spiro atoms. The van der Waals surface area contributed by atoms with E-state index in [-0.39, 0.29) is 29.6 Å². The molecule has 4 unspecified atom stereocenters. The first kappa shape index (κ1) is 33.5. The predicted molar refractivity (Wildman–Crippen MR) is 148 cm³/mol. The van der Waals surface area contributed by atoms with Gasteiger partial charge in [0, 0.05) is 24.7 Å². The summed E-state index contributed by atoms with van der Waals surface area (Å²) < 4.78 is 36.8. The molecule has 39 heavy (non-hydrogen) atoms. The Labute approximate surface area is 234 Å². The Balaban J connectivity index is 2.44. The largest absolute Gasteiger partial charge is 0.463 e. The molecule has 224 valence electrons. The minimum atomic E-state index is -2.42. The van der Waals surface area contributed by atoms with E-state index in [2.05, 4.69) is 50.8 Å². The molecular formula is C27H49N3O8Si. The Morgan fingerprint density at radius 3 is 2.10 bits per heavy atom. The summed E-state index contributed by atoms with van der Waals surface area (Å²) in [5.41, 5.74) is 9.46. The van der Waals surface area contributed by atoms with Crippen LogP contribution in [0.2, 0.25) is 18.1 Å². The topological polar surface area (TPSA) is 138 Å². The van der Waals surface area contributed by atoms with Crippen LogP contribution in [0.25, 0.3) is 10.4 Å². The van der Waals surface area contributed by atoms with Gasteiger partial charge < -0.3 is 28.1 Å². The monoisotopic (exact) mass is 571 g/mol. The summed E-state index contributed by atoms with van der Waals surface area (Å²) in [6, 6.07) is -0.715. The number of hydrogen-bond donors (Lipinski definition) is 0. The molecule has 0 radical (unpaired) electrons. The van der Waals surface area contributed by atoms with Crippen LogP contribution in [0.15, 0.2) is 5.11 Å². The van der Waals surface area contributed by atoms with Gasteiger partial charge in [0.15, 0.2) is 27.0 Å². The third kappa shape index (κ3) is 7.74. The van der Waals surface area contributed by atoms with E-state index in [1.54, 1.807) is 0 Å². The summed E-state index contributed by atoms with van der Waals surface area (Å²) in [5.74, 6) is -0.869. The van der Waals surface area contributed by atoms with E-state index in [9.17, 15) is 15.1 Å². The molecule has 2 fully saturated rings. The van der Waals surface area contributed by atoms with Crippen molar-refractivity contribution in [2.75, 3.05) is 6.61 Å². The second kappa shape index (κ2) is 13.3. The van der Waals surface area contributed by atoms with E-state index < -0.39 is 63.1 Å². The third-order valence-corrected chi connectivity index (χ3v) is 13.9. The zero-order valence-electron chi connectivity index (χ0n) is 25.7. The summed E-state index contributed by atoms with van der Waals surface area (Å²) in [4.78, 5) is 26.8. The lowest BCUT2D eigenvalue weighted by molar-refractivity contribution is -0.321. The lowest BCUT2D eigenvalue weighted by Gasteiger charge is -2.51. The number of rotatable bonds is 10. The Morgan fingerprint density at radius 2 is 1.59 bits per heavy atom. The van der Waals surface area contributed by atoms with Crippen LogP contribution >= 0.6 is 0 Å². The Bertz CT molecular complexity index is 909. The average molecular weight is 572 g/mol. The Hall–Kier alpha value is -1.69. The molecule has 2 rings (SSSR count). The van der Waals surface area contributed by atoms with Crippen molar-refractivity contribution in [3.05, 3.63) is 10.4 Å². The summed E-state index contributed by atoms with van der Waals surface area (Å²) >= 11 is 0. The van der Waals surface area contributed by atoms with Gasteiger partial charge >= 0.3 is 11.9 Å². The second-order valence-corrected chi connectivity index (χ2v) is 17.1. The first-order valence-electron chi connectivity index (χ1n) is 13.9. The Kier molecular flexibility index (Phi) is 11.4. The predicted octanol–water partition coefficient (Wildman–Crippen LogP) is 5.58. The van der Waals surface area contributed by atoms with Crippen LogP contribution in [0.3, 0.4) is 0 Å². The van der Waals surface area contributed by atoms with Gasteiger partial charge in [-0.15, -0.1) is 0 Å². The van der Waals surface area contributed by atoms with Crippen LogP contribution in [0.1, 0.15) is 69.2 Å². The fourth-order valence-corrected chi connectivity index (χ4v) is 7.59. The molecule has 0 amide bonds. The number of carbonyl (C=O) groups excluding carboxylic acids is 2. The smallest absolute Gasteiger partial charge is 0.303 e. The molecule has 0 aromatic carbocycles. The van der Waals surface area contributed by atoms with Crippen LogP contribution in [0, 0.1) is 23.7 Å². The molecule has 2 aliphatic heterocycles. The number of esters is 2. The van der Waals surface area contributed by atoms with Crippen molar-refractivity contribution < 1.29 is 37.7 Å². The van der Waals surface area contributed by atoms with Gasteiger partial charge in [-0.25, -0.2) is 0 Å². The first-order valence-corrected chi connectivity index (χ1v) is 16.8. The molecule has 0 aromatic heterocycles. The lowest BCUT2D eigenvalue weighted by atomic mass is 9.83. The van der Waals surface area contributed by atoms with Gasteiger partial charge in [-0.1, -0.05) is 53.6 Å². The zero-order chi connectivity index (χ0) is 29.9. The fraction of sp³-hybridized carbons (Fsp3) is 0.926. The van der Waals surface area contributed by atoms with E-state index >= 15 is 0 Å². The van der Waals surface area contributed by atoms with Gasteiger partial charge in [-0.05, 0) is 48.3 Å². The zero-order valence-corrected chi connectivity index (χ0v) is 26.7. The van der Waals surface area contributed by atoms with Crippen molar-refractivity contribution >= 4 is 20.3 Å². The molecule has 0 aliphatic carbocycles. The molecule has 0 aromatic rings. The third-order valence-electron chi connectivity index (χ3n) is 9.35. The summed E-state index contributed by atoms with van der Waals surface area (Å²) in [6.45, 7) is 23.4. The minimum absolute atomic E-state index is 0.0385. The van der Waals surface area contributed by atoms with E-state index in [0.717, 1.165) is 0 Å². The fourth-order valence-electron chi connectivity index (χ4n) is 5.12. The lowest BCUT2D eigenvalue weighted by Crippen LogP contribution is -2.61. The first-order chi connectivity index (χ1) is 17.9. The molecule has 2 heterocycles. The molecule has 0 saturated carbocycles. The highest BCUT2D eigenvalue weighted by molar-refractivity contribution is 6.74. The van der Waals surface area contributed by atoms with Crippen molar-refractivity contribution in [2.24, 2.45) is 28.8 Å². The number of hydrogen-bond acceptors (Lipinski definition) is 9. The summed E-state index contributed by atoms with van der Waals surface area (Å²) in [6.07, 6.45) is -4.00. The van der Waals surface area contributed by atoms with Crippen LogP contribution in [-0.2, 0) is 37.7 Å². The second-order valence-electron chi connectivity index (χ2n) is 12.5. The van der Waals surface area contributed by atoms with Gasteiger partial charge in [-0.2, -0.15) is 0 Å². The molecule has 10 atom stereocenters. The van der Waals surface area contributed by atoms with Crippen LogP contribution < -0.4 is 0 Å². The van der Waals surface area contributed by atoms with Crippen molar-refractivity contribution in [1.82, 2.24) is 0 Å². The van der Waals surface area contributed by atoms with Crippen molar-refractivity contribution in [3.8, 4) is 0 Å². The van der Waals surface area contributed by atoms with Crippen molar-refractivity contribution in [3.63, 3.8) is 0 Å². The highest BCUT2D eigenvalue weighted by Crippen LogP contribution is 2.47. The van der Waals surface area contributed by atoms with Crippen molar-refractivity contribution in [2.45, 2.75) is 130 Å². The molecule has 12 heteroatoms. The average Bonchev–Trinajstić information content (AvgIpc) is 2.82. The van der Waals surface area contributed by atoms with E-state index in [1.165, 1.54) is 13.8 Å². The molecule has 0 N–H and O–H groups in total. The summed E-state index contributed by atoms with van der Waals surface area (Å²) in [5, 5.41) is 3.96. The maximum Gasteiger partial charge on any atom is 0.303 e. The molecular weight excluding hydrogens is 522 g/mol. The van der Waals surface area contributed by atoms with Gasteiger partial charge in [0.2, 0.25) is 0 Å². The molecule has 2 saturated heterocycles. The number of carbonyl (C=O) groups is 2. The maximum absolute atomic E-state index is 11.9. The standard InChI is InChI=1S/C27H49N3O8Si/c1-14(2)27(9,10)39(11,12)38-25-22(29-30-28)17(5)23(21(36-25)13-33-19(7)31)37-26-24(35-20(8)32)16(4)15(3)18(6)34-26/h14-18,21-26H,13H2,1-12H3/t15-,16-,17+,18?,21?,22?,23-,24?,25-,26-/m0/s1. The van der Waals surface area contributed by atoms with Crippen LogP contribution in [0.4, 0.5) is 0 Å². The van der Waals surface area contributed by atoms with Gasteiger partial charge in [0.25, 0.3) is 0 Å².